The summed E-state index contributed by atoms with van der Waals surface area (Å²) < 4.78 is 1.76. The SMILES string of the molecule is Cc1nn(-c2ccc(C(=O)N3CCCC3C(=O)N(C)C)cc2)c(C)c1Cl. The third kappa shape index (κ3) is 3.21. The Kier molecular flexibility index (Phi) is 5.05. The van der Waals surface area contributed by atoms with Crippen molar-refractivity contribution in [1.29, 1.82) is 0 Å². The highest BCUT2D eigenvalue weighted by atomic mass is 35.5. The maximum Gasteiger partial charge on any atom is 0.254 e. The zero-order chi connectivity index (χ0) is 19.0. The van der Waals surface area contributed by atoms with Crippen molar-refractivity contribution in [1.82, 2.24) is 19.6 Å². The monoisotopic (exact) mass is 374 g/mol. The molecule has 138 valence electrons. The fraction of sp³-hybridized carbons (Fsp3) is 0.421. The van der Waals surface area contributed by atoms with Gasteiger partial charge in [0.25, 0.3) is 5.91 Å². The topological polar surface area (TPSA) is 58.4 Å². The second kappa shape index (κ2) is 7.11. The summed E-state index contributed by atoms with van der Waals surface area (Å²) in [5.41, 5.74) is 3.04. The Hall–Kier alpha value is -2.34. The number of carbonyl (C=O) groups excluding carboxylic acids is 2. The Balaban J connectivity index is 1.83. The van der Waals surface area contributed by atoms with Gasteiger partial charge in [-0.25, -0.2) is 4.68 Å². The van der Waals surface area contributed by atoms with Crippen molar-refractivity contribution < 1.29 is 9.59 Å². The molecule has 1 aromatic heterocycles. The molecule has 1 saturated heterocycles. The Morgan fingerprint density at radius 1 is 1.19 bits per heavy atom. The van der Waals surface area contributed by atoms with Gasteiger partial charge in [0.05, 0.1) is 22.1 Å². The van der Waals surface area contributed by atoms with Crippen LogP contribution in [0.3, 0.4) is 0 Å². The average molecular weight is 375 g/mol. The lowest BCUT2D eigenvalue weighted by Gasteiger charge is -2.26. The van der Waals surface area contributed by atoms with Gasteiger partial charge in [0.2, 0.25) is 5.91 Å². The molecule has 26 heavy (non-hydrogen) atoms. The van der Waals surface area contributed by atoms with E-state index in [1.807, 2.05) is 26.0 Å². The van der Waals surface area contributed by atoms with Gasteiger partial charge in [0.1, 0.15) is 6.04 Å². The Morgan fingerprint density at radius 2 is 1.85 bits per heavy atom. The maximum absolute atomic E-state index is 12.9. The first-order valence-electron chi connectivity index (χ1n) is 8.65. The summed E-state index contributed by atoms with van der Waals surface area (Å²) in [6, 6.07) is 6.88. The minimum Gasteiger partial charge on any atom is -0.347 e. The molecule has 1 aromatic carbocycles. The van der Waals surface area contributed by atoms with Crippen LogP contribution in [0.15, 0.2) is 24.3 Å². The highest BCUT2D eigenvalue weighted by Crippen LogP contribution is 2.24. The Bertz CT molecular complexity index is 842. The minimum atomic E-state index is -0.369. The zero-order valence-electron chi connectivity index (χ0n) is 15.5. The van der Waals surface area contributed by atoms with Crippen molar-refractivity contribution >= 4 is 23.4 Å². The molecule has 2 heterocycles. The van der Waals surface area contributed by atoms with Crippen molar-refractivity contribution in [2.45, 2.75) is 32.7 Å². The molecule has 1 unspecified atom stereocenters. The van der Waals surface area contributed by atoms with Gasteiger partial charge in [0, 0.05) is 26.2 Å². The van der Waals surface area contributed by atoms with Crippen molar-refractivity contribution in [3.8, 4) is 5.69 Å². The number of hydrogen-bond donors (Lipinski definition) is 0. The van der Waals surface area contributed by atoms with Crippen LogP contribution in [0, 0.1) is 13.8 Å². The molecular formula is C19H23ClN4O2. The van der Waals surface area contributed by atoms with Crippen molar-refractivity contribution in [3.05, 3.63) is 46.2 Å². The van der Waals surface area contributed by atoms with E-state index in [0.29, 0.717) is 23.6 Å². The van der Waals surface area contributed by atoms with Gasteiger partial charge in [-0.05, 0) is 51.0 Å². The molecule has 0 radical (unpaired) electrons. The lowest BCUT2D eigenvalue weighted by atomic mass is 10.1. The molecule has 0 saturated carbocycles. The van der Waals surface area contributed by atoms with Crippen molar-refractivity contribution in [2.24, 2.45) is 0 Å². The van der Waals surface area contributed by atoms with E-state index in [2.05, 4.69) is 5.10 Å². The fourth-order valence-electron chi connectivity index (χ4n) is 3.35. The summed E-state index contributed by atoms with van der Waals surface area (Å²) in [5.74, 6) is -0.134. The molecule has 2 amide bonds. The number of benzene rings is 1. The van der Waals surface area contributed by atoms with Crippen LogP contribution in [-0.4, -0.2) is 58.1 Å². The first-order chi connectivity index (χ1) is 12.3. The molecule has 1 atom stereocenters. The highest BCUT2D eigenvalue weighted by molar-refractivity contribution is 6.31. The van der Waals surface area contributed by atoms with Crippen LogP contribution in [-0.2, 0) is 4.79 Å². The molecule has 7 heteroatoms. The van der Waals surface area contributed by atoms with Crippen molar-refractivity contribution in [3.63, 3.8) is 0 Å². The first kappa shape index (κ1) is 18.5. The lowest BCUT2D eigenvalue weighted by Crippen LogP contribution is -2.45. The van der Waals surface area contributed by atoms with Crippen molar-refractivity contribution in [2.75, 3.05) is 20.6 Å². The minimum absolute atomic E-state index is 0.0234. The predicted molar refractivity (Wildman–Crippen MR) is 101 cm³/mol. The van der Waals surface area contributed by atoms with Gasteiger partial charge in [0.15, 0.2) is 0 Å². The first-order valence-corrected chi connectivity index (χ1v) is 9.03. The molecule has 1 aliphatic rings. The highest BCUT2D eigenvalue weighted by Gasteiger charge is 2.35. The quantitative estimate of drug-likeness (QED) is 0.830. The van der Waals surface area contributed by atoms with E-state index in [1.165, 1.54) is 0 Å². The van der Waals surface area contributed by atoms with E-state index in [-0.39, 0.29) is 17.9 Å². The van der Waals surface area contributed by atoms with E-state index in [9.17, 15) is 9.59 Å². The molecule has 1 aliphatic heterocycles. The summed E-state index contributed by atoms with van der Waals surface area (Å²) in [6.07, 6.45) is 1.56. The standard InChI is InChI=1S/C19H23ClN4O2/c1-12-17(20)13(2)24(21-12)15-9-7-14(8-10-15)18(25)23-11-5-6-16(23)19(26)22(3)4/h7-10,16H,5-6,11H2,1-4H3. The molecule has 0 spiro atoms. The number of aryl methyl sites for hydroxylation is 1. The molecule has 2 aromatic rings. The summed E-state index contributed by atoms with van der Waals surface area (Å²) in [4.78, 5) is 28.4. The third-order valence-electron chi connectivity index (χ3n) is 4.80. The van der Waals surface area contributed by atoms with Gasteiger partial charge in [-0.1, -0.05) is 11.6 Å². The molecule has 3 rings (SSSR count). The molecule has 0 bridgehead atoms. The second-order valence-electron chi connectivity index (χ2n) is 6.83. The Morgan fingerprint density at radius 3 is 2.38 bits per heavy atom. The van der Waals surface area contributed by atoms with E-state index >= 15 is 0 Å². The average Bonchev–Trinajstić information content (AvgIpc) is 3.21. The van der Waals surface area contributed by atoms with E-state index < -0.39 is 0 Å². The lowest BCUT2D eigenvalue weighted by molar-refractivity contribution is -0.132. The fourth-order valence-corrected chi connectivity index (χ4v) is 3.47. The van der Waals surface area contributed by atoms with Crippen LogP contribution in [0.4, 0.5) is 0 Å². The number of likely N-dealkylation sites (N-methyl/N-ethyl adjacent to an activating group) is 1. The zero-order valence-corrected chi connectivity index (χ0v) is 16.2. The van der Waals surface area contributed by atoms with Gasteiger partial charge >= 0.3 is 0 Å². The number of amides is 2. The van der Waals surface area contributed by atoms with Crippen LogP contribution in [0.25, 0.3) is 5.69 Å². The summed E-state index contributed by atoms with van der Waals surface area (Å²) in [6.45, 7) is 4.37. The normalized spacial score (nSPS) is 16.8. The largest absolute Gasteiger partial charge is 0.347 e. The molecule has 0 N–H and O–H groups in total. The number of rotatable bonds is 3. The van der Waals surface area contributed by atoms with Gasteiger partial charge in [-0.15, -0.1) is 0 Å². The number of carbonyl (C=O) groups is 2. The smallest absolute Gasteiger partial charge is 0.254 e. The maximum atomic E-state index is 12.9. The number of aromatic nitrogens is 2. The molecule has 1 fully saturated rings. The van der Waals surface area contributed by atoms with Gasteiger partial charge < -0.3 is 9.80 Å². The molecule has 0 aliphatic carbocycles. The second-order valence-corrected chi connectivity index (χ2v) is 7.21. The Labute approximate surface area is 158 Å². The number of likely N-dealkylation sites (tertiary alicyclic amines) is 1. The van der Waals surface area contributed by atoms with E-state index in [1.54, 1.807) is 40.7 Å². The van der Waals surface area contributed by atoms with Crippen LogP contribution < -0.4 is 0 Å². The number of hydrogen-bond acceptors (Lipinski definition) is 3. The molecular weight excluding hydrogens is 352 g/mol. The number of halogens is 1. The summed E-state index contributed by atoms with van der Waals surface area (Å²) in [7, 11) is 3.44. The van der Waals surface area contributed by atoms with Gasteiger partial charge in [-0.2, -0.15) is 5.10 Å². The number of nitrogens with zero attached hydrogens (tertiary/aromatic N) is 4. The third-order valence-corrected chi connectivity index (χ3v) is 5.35. The summed E-state index contributed by atoms with van der Waals surface area (Å²) in [5, 5.41) is 5.07. The van der Waals surface area contributed by atoms with Gasteiger partial charge in [-0.3, -0.25) is 9.59 Å². The summed E-state index contributed by atoms with van der Waals surface area (Å²) >= 11 is 6.21. The van der Waals surface area contributed by atoms with E-state index in [0.717, 1.165) is 23.5 Å². The van der Waals surface area contributed by atoms with E-state index in [4.69, 9.17) is 11.6 Å². The predicted octanol–water partition coefficient (Wildman–Crippen LogP) is 2.84. The van der Waals surface area contributed by atoms with Crippen LogP contribution in [0.5, 0.6) is 0 Å². The van der Waals surface area contributed by atoms with Crippen LogP contribution >= 0.6 is 11.6 Å². The van der Waals surface area contributed by atoms with Crippen LogP contribution in [0.2, 0.25) is 5.02 Å². The van der Waals surface area contributed by atoms with Crippen LogP contribution in [0.1, 0.15) is 34.6 Å². The molecule has 6 nitrogen and oxygen atoms in total.